The predicted octanol–water partition coefficient (Wildman–Crippen LogP) is 2.61. The van der Waals surface area contributed by atoms with E-state index in [0.29, 0.717) is 5.69 Å². The molecule has 0 bridgehead atoms. The molecule has 0 aliphatic rings. The first-order valence-corrected chi connectivity index (χ1v) is 6.82. The standard InChI is InChI=1S/C16H22N2O2/c1-10-5-6-12-11(7-10)8-13(17-12)15(20)18-14(9-19)16(2,3)4/h5-8,14,17,19H,9H2,1-4H3,(H,18,20). The first kappa shape index (κ1) is 14.6. The van der Waals surface area contributed by atoms with Gasteiger partial charge in [-0.05, 0) is 30.5 Å². The fourth-order valence-electron chi connectivity index (χ4n) is 2.15. The first-order valence-electron chi connectivity index (χ1n) is 6.82. The van der Waals surface area contributed by atoms with Gasteiger partial charge in [-0.2, -0.15) is 0 Å². The van der Waals surface area contributed by atoms with Crippen molar-refractivity contribution in [3.63, 3.8) is 0 Å². The second-order valence-electron chi connectivity index (χ2n) is 6.35. The number of benzene rings is 1. The summed E-state index contributed by atoms with van der Waals surface area (Å²) < 4.78 is 0. The third kappa shape index (κ3) is 3.02. The van der Waals surface area contributed by atoms with Gasteiger partial charge in [-0.25, -0.2) is 0 Å². The van der Waals surface area contributed by atoms with E-state index in [1.54, 1.807) is 0 Å². The smallest absolute Gasteiger partial charge is 0.268 e. The molecule has 0 fully saturated rings. The van der Waals surface area contributed by atoms with Gasteiger partial charge in [0.15, 0.2) is 0 Å². The molecular formula is C16H22N2O2. The highest BCUT2D eigenvalue weighted by atomic mass is 16.3. The maximum atomic E-state index is 12.3. The summed E-state index contributed by atoms with van der Waals surface area (Å²) in [6.07, 6.45) is 0. The summed E-state index contributed by atoms with van der Waals surface area (Å²) in [6, 6.07) is 7.58. The Bertz CT molecular complexity index is 623. The molecule has 0 aliphatic carbocycles. The maximum absolute atomic E-state index is 12.3. The molecule has 1 unspecified atom stereocenters. The highest BCUT2D eigenvalue weighted by Crippen LogP contribution is 2.20. The predicted molar refractivity (Wildman–Crippen MR) is 80.8 cm³/mol. The highest BCUT2D eigenvalue weighted by Gasteiger charge is 2.26. The Morgan fingerprint density at radius 3 is 2.65 bits per heavy atom. The molecule has 0 saturated heterocycles. The molecule has 0 spiro atoms. The van der Waals surface area contributed by atoms with Crippen LogP contribution >= 0.6 is 0 Å². The van der Waals surface area contributed by atoms with Crippen molar-refractivity contribution in [1.29, 1.82) is 0 Å². The number of nitrogens with one attached hydrogen (secondary N) is 2. The van der Waals surface area contributed by atoms with Crippen LogP contribution in [-0.2, 0) is 0 Å². The minimum absolute atomic E-state index is 0.0748. The molecule has 3 N–H and O–H groups in total. The molecule has 1 amide bonds. The average Bonchev–Trinajstić information content (AvgIpc) is 2.77. The van der Waals surface area contributed by atoms with Crippen LogP contribution in [0, 0.1) is 12.3 Å². The Kier molecular flexibility index (Phi) is 3.86. The van der Waals surface area contributed by atoms with Gasteiger partial charge in [0.2, 0.25) is 0 Å². The quantitative estimate of drug-likeness (QED) is 0.805. The van der Waals surface area contributed by atoms with Gasteiger partial charge in [-0.15, -0.1) is 0 Å². The van der Waals surface area contributed by atoms with Gasteiger partial charge in [-0.3, -0.25) is 4.79 Å². The number of hydrogen-bond donors (Lipinski definition) is 3. The number of H-pyrrole nitrogens is 1. The van der Waals surface area contributed by atoms with Crippen LogP contribution in [0.25, 0.3) is 10.9 Å². The number of aliphatic hydroxyl groups excluding tert-OH is 1. The molecule has 2 rings (SSSR count). The van der Waals surface area contributed by atoms with Crippen LogP contribution in [0.1, 0.15) is 36.8 Å². The lowest BCUT2D eigenvalue weighted by molar-refractivity contribution is 0.0844. The average molecular weight is 274 g/mol. The molecule has 4 nitrogen and oxygen atoms in total. The topological polar surface area (TPSA) is 65.1 Å². The van der Waals surface area contributed by atoms with Gasteiger partial charge in [0.05, 0.1) is 12.6 Å². The number of aryl methyl sites for hydroxylation is 1. The maximum Gasteiger partial charge on any atom is 0.268 e. The number of aliphatic hydroxyl groups is 1. The SMILES string of the molecule is Cc1ccc2[nH]c(C(=O)NC(CO)C(C)(C)C)cc2c1. The zero-order valence-corrected chi connectivity index (χ0v) is 12.4. The lowest BCUT2D eigenvalue weighted by Gasteiger charge is -2.29. The van der Waals surface area contributed by atoms with Crippen molar-refractivity contribution < 1.29 is 9.90 Å². The van der Waals surface area contributed by atoms with Crippen LogP contribution in [0.2, 0.25) is 0 Å². The lowest BCUT2D eigenvalue weighted by Crippen LogP contribution is -2.46. The number of hydrogen-bond acceptors (Lipinski definition) is 2. The molecule has 108 valence electrons. The number of aromatic amines is 1. The van der Waals surface area contributed by atoms with E-state index in [2.05, 4.69) is 10.3 Å². The van der Waals surface area contributed by atoms with E-state index in [4.69, 9.17) is 0 Å². The zero-order chi connectivity index (χ0) is 14.9. The normalized spacial score (nSPS) is 13.4. The summed E-state index contributed by atoms with van der Waals surface area (Å²) in [5.74, 6) is -0.187. The van der Waals surface area contributed by atoms with E-state index in [-0.39, 0.29) is 24.0 Å². The Balaban J connectivity index is 2.23. The first-order chi connectivity index (χ1) is 9.31. The van der Waals surface area contributed by atoms with Crippen molar-refractivity contribution in [2.24, 2.45) is 5.41 Å². The monoisotopic (exact) mass is 274 g/mol. The number of fused-ring (bicyclic) bond motifs is 1. The van der Waals surface area contributed by atoms with Crippen LogP contribution in [0.3, 0.4) is 0 Å². The third-order valence-electron chi connectivity index (χ3n) is 3.55. The van der Waals surface area contributed by atoms with Crippen molar-refractivity contribution in [2.45, 2.75) is 33.7 Å². The van der Waals surface area contributed by atoms with Gasteiger partial charge in [0, 0.05) is 10.9 Å². The van der Waals surface area contributed by atoms with Crippen LogP contribution in [0.15, 0.2) is 24.3 Å². The zero-order valence-electron chi connectivity index (χ0n) is 12.4. The molecule has 0 aliphatic heterocycles. The van der Waals surface area contributed by atoms with Crippen LogP contribution < -0.4 is 5.32 Å². The molecule has 20 heavy (non-hydrogen) atoms. The fourth-order valence-corrected chi connectivity index (χ4v) is 2.15. The van der Waals surface area contributed by atoms with Crippen molar-refractivity contribution in [3.8, 4) is 0 Å². The van der Waals surface area contributed by atoms with Crippen molar-refractivity contribution in [2.75, 3.05) is 6.61 Å². The number of aromatic nitrogens is 1. The molecule has 1 aromatic carbocycles. The molecule has 1 heterocycles. The van der Waals surface area contributed by atoms with Gasteiger partial charge >= 0.3 is 0 Å². The molecule has 0 saturated carbocycles. The fraction of sp³-hybridized carbons (Fsp3) is 0.438. The van der Waals surface area contributed by atoms with Crippen molar-refractivity contribution in [3.05, 3.63) is 35.5 Å². The largest absolute Gasteiger partial charge is 0.394 e. The van der Waals surface area contributed by atoms with Gasteiger partial charge in [0.25, 0.3) is 5.91 Å². The van der Waals surface area contributed by atoms with E-state index in [1.807, 2.05) is 52.0 Å². The van der Waals surface area contributed by atoms with Gasteiger partial charge in [-0.1, -0.05) is 32.4 Å². The van der Waals surface area contributed by atoms with Crippen molar-refractivity contribution in [1.82, 2.24) is 10.3 Å². The summed E-state index contributed by atoms with van der Waals surface area (Å²) in [5.41, 5.74) is 2.43. The van der Waals surface area contributed by atoms with E-state index in [9.17, 15) is 9.90 Å². The highest BCUT2D eigenvalue weighted by molar-refractivity contribution is 5.98. The van der Waals surface area contributed by atoms with Gasteiger partial charge in [0.1, 0.15) is 5.69 Å². The summed E-state index contributed by atoms with van der Waals surface area (Å²) in [4.78, 5) is 15.4. The summed E-state index contributed by atoms with van der Waals surface area (Å²) in [7, 11) is 0. The Labute approximate surface area is 119 Å². The molecular weight excluding hydrogens is 252 g/mol. The number of amides is 1. The number of carbonyl (C=O) groups is 1. The van der Waals surface area contributed by atoms with Crippen LogP contribution in [0.5, 0.6) is 0 Å². The molecule has 1 aromatic heterocycles. The summed E-state index contributed by atoms with van der Waals surface area (Å²) in [5, 5.41) is 13.3. The lowest BCUT2D eigenvalue weighted by atomic mass is 9.87. The van der Waals surface area contributed by atoms with Crippen LogP contribution in [-0.4, -0.2) is 28.6 Å². The molecule has 4 heteroatoms. The van der Waals surface area contributed by atoms with E-state index in [1.165, 1.54) is 0 Å². The third-order valence-corrected chi connectivity index (χ3v) is 3.55. The number of rotatable bonds is 3. The summed E-state index contributed by atoms with van der Waals surface area (Å²) >= 11 is 0. The van der Waals surface area contributed by atoms with E-state index < -0.39 is 0 Å². The molecule has 0 radical (unpaired) electrons. The second-order valence-corrected chi connectivity index (χ2v) is 6.35. The molecule has 2 aromatic rings. The Morgan fingerprint density at radius 1 is 1.35 bits per heavy atom. The van der Waals surface area contributed by atoms with Gasteiger partial charge < -0.3 is 15.4 Å². The minimum atomic E-state index is -0.275. The number of carbonyl (C=O) groups excluding carboxylic acids is 1. The Hall–Kier alpha value is -1.81. The van der Waals surface area contributed by atoms with E-state index in [0.717, 1.165) is 16.5 Å². The molecule has 1 atom stereocenters. The van der Waals surface area contributed by atoms with Crippen molar-refractivity contribution >= 4 is 16.8 Å². The van der Waals surface area contributed by atoms with Crippen LogP contribution in [0.4, 0.5) is 0 Å². The Morgan fingerprint density at radius 2 is 2.05 bits per heavy atom. The van der Waals surface area contributed by atoms with E-state index >= 15 is 0 Å². The second kappa shape index (κ2) is 5.29. The minimum Gasteiger partial charge on any atom is -0.394 e. The summed E-state index contributed by atoms with van der Waals surface area (Å²) in [6.45, 7) is 7.91.